The molecule has 0 aromatic heterocycles. The molecule has 1 aliphatic rings. The van der Waals surface area contributed by atoms with E-state index >= 15 is 0 Å². The maximum absolute atomic E-state index is 12.3. The van der Waals surface area contributed by atoms with E-state index in [9.17, 15) is 14.4 Å². The third-order valence-corrected chi connectivity index (χ3v) is 4.19. The van der Waals surface area contributed by atoms with E-state index in [1.54, 1.807) is 24.3 Å². The third-order valence-electron chi connectivity index (χ3n) is 4.19. The van der Waals surface area contributed by atoms with Crippen molar-refractivity contribution in [3.8, 4) is 0 Å². The molecule has 0 saturated heterocycles. The minimum Gasteiger partial charge on any atom is -0.481 e. The Labute approximate surface area is 128 Å². The molecule has 22 heavy (non-hydrogen) atoms. The summed E-state index contributed by atoms with van der Waals surface area (Å²) in [7, 11) is 0. The average Bonchev–Trinajstić information content (AvgIpc) is 2.85. The summed E-state index contributed by atoms with van der Waals surface area (Å²) in [4.78, 5) is 34.7. The predicted molar refractivity (Wildman–Crippen MR) is 81.4 cm³/mol. The zero-order valence-corrected chi connectivity index (χ0v) is 12.3. The van der Waals surface area contributed by atoms with Gasteiger partial charge >= 0.3 is 5.97 Å². The van der Waals surface area contributed by atoms with Gasteiger partial charge in [-0.1, -0.05) is 25.0 Å². The Kier molecular flexibility index (Phi) is 4.80. The maximum Gasteiger partial charge on any atom is 0.303 e. The van der Waals surface area contributed by atoms with Crippen molar-refractivity contribution in [1.82, 2.24) is 0 Å². The summed E-state index contributed by atoms with van der Waals surface area (Å²) in [5.41, 5.74) is 5.41. The van der Waals surface area contributed by atoms with Crippen LogP contribution in [-0.2, 0) is 9.59 Å². The highest BCUT2D eigenvalue weighted by Crippen LogP contribution is 2.44. The van der Waals surface area contributed by atoms with Crippen molar-refractivity contribution < 1.29 is 19.5 Å². The Hall–Kier alpha value is -2.37. The highest BCUT2D eigenvalue weighted by Gasteiger charge is 2.38. The third kappa shape index (κ3) is 3.84. The van der Waals surface area contributed by atoms with Crippen LogP contribution < -0.4 is 11.1 Å². The molecule has 118 valence electrons. The van der Waals surface area contributed by atoms with Crippen molar-refractivity contribution in [3.63, 3.8) is 0 Å². The van der Waals surface area contributed by atoms with Gasteiger partial charge in [-0.15, -0.1) is 0 Å². The Morgan fingerprint density at radius 2 is 1.77 bits per heavy atom. The first-order valence-corrected chi connectivity index (χ1v) is 7.32. The van der Waals surface area contributed by atoms with Crippen LogP contribution in [0, 0.1) is 5.41 Å². The molecular weight excluding hydrogens is 284 g/mol. The smallest absolute Gasteiger partial charge is 0.303 e. The topological polar surface area (TPSA) is 109 Å². The van der Waals surface area contributed by atoms with Gasteiger partial charge in [-0.05, 0) is 30.4 Å². The second-order valence-corrected chi connectivity index (χ2v) is 5.91. The number of anilines is 1. The predicted octanol–water partition coefficient (Wildman–Crippen LogP) is 2.15. The number of aliphatic carboxylic acids is 1. The van der Waals surface area contributed by atoms with Gasteiger partial charge in [0.1, 0.15) is 0 Å². The fourth-order valence-electron chi connectivity index (χ4n) is 3.20. The van der Waals surface area contributed by atoms with E-state index in [1.807, 2.05) is 0 Å². The number of hydrogen-bond donors (Lipinski definition) is 3. The van der Waals surface area contributed by atoms with Crippen LogP contribution in [0.1, 0.15) is 48.9 Å². The zero-order valence-electron chi connectivity index (χ0n) is 12.3. The molecule has 6 nitrogen and oxygen atoms in total. The van der Waals surface area contributed by atoms with Crippen LogP contribution in [0.5, 0.6) is 0 Å². The molecule has 0 radical (unpaired) electrons. The number of carbonyl (C=O) groups excluding carboxylic acids is 2. The number of carboxylic acid groups (broad SMARTS) is 1. The maximum atomic E-state index is 12.3. The van der Waals surface area contributed by atoms with Gasteiger partial charge in [-0.25, -0.2) is 0 Å². The van der Waals surface area contributed by atoms with Crippen LogP contribution >= 0.6 is 0 Å². The van der Waals surface area contributed by atoms with E-state index in [4.69, 9.17) is 10.8 Å². The molecule has 1 aromatic rings. The van der Waals surface area contributed by atoms with Crippen LogP contribution in [0.2, 0.25) is 0 Å². The second kappa shape index (κ2) is 6.60. The lowest BCUT2D eigenvalue weighted by Crippen LogP contribution is -2.28. The quantitative estimate of drug-likeness (QED) is 0.748. The number of primary amides is 1. The van der Waals surface area contributed by atoms with Crippen LogP contribution in [0.4, 0.5) is 5.69 Å². The number of para-hydroxylation sites is 1. The van der Waals surface area contributed by atoms with Crippen molar-refractivity contribution in [2.45, 2.75) is 38.5 Å². The van der Waals surface area contributed by atoms with Gasteiger partial charge in [0, 0.05) is 6.42 Å². The summed E-state index contributed by atoms with van der Waals surface area (Å²) in [6.45, 7) is 0. The number of carbonyl (C=O) groups is 3. The number of nitrogens with two attached hydrogens (primary N) is 1. The minimum absolute atomic E-state index is 0.00210. The first-order valence-electron chi connectivity index (χ1n) is 7.32. The molecule has 1 aliphatic carbocycles. The largest absolute Gasteiger partial charge is 0.481 e. The Balaban J connectivity index is 2.09. The van der Waals surface area contributed by atoms with Gasteiger partial charge in [-0.3, -0.25) is 14.4 Å². The molecule has 0 bridgehead atoms. The molecule has 0 heterocycles. The fourth-order valence-corrected chi connectivity index (χ4v) is 3.20. The van der Waals surface area contributed by atoms with Gasteiger partial charge in [0.25, 0.3) is 5.91 Å². The first-order chi connectivity index (χ1) is 10.4. The van der Waals surface area contributed by atoms with Gasteiger partial charge in [-0.2, -0.15) is 0 Å². The minimum atomic E-state index is -0.882. The van der Waals surface area contributed by atoms with E-state index in [0.717, 1.165) is 25.7 Å². The lowest BCUT2D eigenvalue weighted by Gasteiger charge is -2.26. The molecule has 1 aromatic carbocycles. The molecule has 1 saturated carbocycles. The van der Waals surface area contributed by atoms with E-state index in [1.165, 1.54) is 0 Å². The number of amides is 2. The van der Waals surface area contributed by atoms with Crippen LogP contribution in [0.3, 0.4) is 0 Å². The summed E-state index contributed by atoms with van der Waals surface area (Å²) in [5, 5.41) is 11.7. The van der Waals surface area contributed by atoms with Crippen molar-refractivity contribution in [2.75, 3.05) is 5.32 Å². The van der Waals surface area contributed by atoms with Crippen LogP contribution in [-0.4, -0.2) is 22.9 Å². The number of hydrogen-bond acceptors (Lipinski definition) is 3. The monoisotopic (exact) mass is 304 g/mol. The van der Waals surface area contributed by atoms with E-state index in [2.05, 4.69) is 5.32 Å². The van der Waals surface area contributed by atoms with Crippen molar-refractivity contribution in [2.24, 2.45) is 11.1 Å². The summed E-state index contributed by atoms with van der Waals surface area (Å²) in [6.07, 6.45) is 3.51. The van der Waals surface area contributed by atoms with Crippen molar-refractivity contribution in [1.29, 1.82) is 0 Å². The van der Waals surface area contributed by atoms with E-state index in [-0.39, 0.29) is 24.3 Å². The highest BCUT2D eigenvalue weighted by molar-refractivity contribution is 6.03. The lowest BCUT2D eigenvalue weighted by molar-refractivity contribution is -0.140. The number of benzene rings is 1. The van der Waals surface area contributed by atoms with Gasteiger partial charge in [0.05, 0.1) is 17.7 Å². The normalized spacial score (nSPS) is 16.2. The fraction of sp³-hybridized carbons (Fsp3) is 0.438. The van der Waals surface area contributed by atoms with Gasteiger partial charge in [0.15, 0.2) is 0 Å². The molecule has 0 spiro atoms. The second-order valence-electron chi connectivity index (χ2n) is 5.91. The Morgan fingerprint density at radius 1 is 1.14 bits per heavy atom. The van der Waals surface area contributed by atoms with Crippen LogP contribution in [0.25, 0.3) is 0 Å². The first kappa shape index (κ1) is 16.0. The average molecular weight is 304 g/mol. The number of carboxylic acids is 1. The SMILES string of the molecule is NC(=O)c1ccccc1NC(=O)CC1(CC(=O)O)CCCC1. The van der Waals surface area contributed by atoms with Crippen molar-refractivity contribution in [3.05, 3.63) is 29.8 Å². The Bertz CT molecular complexity index is 592. The molecule has 0 unspecified atom stereocenters. The van der Waals surface area contributed by atoms with Crippen LogP contribution in [0.15, 0.2) is 24.3 Å². The standard InChI is InChI=1S/C16H20N2O4/c17-15(22)11-5-1-2-6-12(11)18-13(19)9-16(10-14(20)21)7-3-4-8-16/h1-2,5-6H,3-4,7-10H2,(H2,17,22)(H,18,19)(H,20,21). The number of rotatable bonds is 6. The van der Waals surface area contributed by atoms with Crippen molar-refractivity contribution >= 4 is 23.5 Å². The van der Waals surface area contributed by atoms with Gasteiger partial charge in [0.2, 0.25) is 5.91 Å². The lowest BCUT2D eigenvalue weighted by atomic mass is 9.79. The molecule has 0 atom stereocenters. The van der Waals surface area contributed by atoms with E-state index < -0.39 is 17.3 Å². The highest BCUT2D eigenvalue weighted by atomic mass is 16.4. The summed E-state index contributed by atoms with van der Waals surface area (Å²) >= 11 is 0. The zero-order chi connectivity index (χ0) is 16.2. The molecule has 0 aliphatic heterocycles. The summed E-state index contributed by atoms with van der Waals surface area (Å²) in [6, 6.07) is 6.51. The summed E-state index contributed by atoms with van der Waals surface area (Å²) in [5.74, 6) is -1.78. The Morgan fingerprint density at radius 3 is 2.36 bits per heavy atom. The molecule has 4 N–H and O–H groups in total. The van der Waals surface area contributed by atoms with E-state index in [0.29, 0.717) is 5.69 Å². The number of nitrogens with one attached hydrogen (secondary N) is 1. The molecule has 1 fully saturated rings. The molecular formula is C16H20N2O4. The molecule has 2 rings (SSSR count). The molecule has 2 amide bonds. The molecule has 6 heteroatoms. The van der Waals surface area contributed by atoms with Gasteiger partial charge < -0.3 is 16.2 Å². The summed E-state index contributed by atoms with van der Waals surface area (Å²) < 4.78 is 0.